The van der Waals surface area contributed by atoms with Crippen LogP contribution in [0.2, 0.25) is 0 Å². The third-order valence-corrected chi connectivity index (χ3v) is 2.63. The van der Waals surface area contributed by atoms with Gasteiger partial charge in [-0.2, -0.15) is 0 Å². The molecule has 1 nitrogen and oxygen atoms in total. The van der Waals surface area contributed by atoms with Gasteiger partial charge in [0.2, 0.25) is 0 Å². The Balaban J connectivity index is 3.04. The van der Waals surface area contributed by atoms with Gasteiger partial charge >= 0.3 is 0 Å². The largest absolute Gasteiger partial charge is 0.393 e. The van der Waals surface area contributed by atoms with Gasteiger partial charge in [-0.15, -0.1) is 13.2 Å². The van der Waals surface area contributed by atoms with Gasteiger partial charge in [-0.05, 0) is 25.7 Å². The maximum Gasteiger partial charge on any atom is 0.0574 e. The first kappa shape index (κ1) is 14.4. The highest BCUT2D eigenvalue weighted by atomic mass is 16.3. The van der Waals surface area contributed by atoms with Crippen LogP contribution in [0.4, 0.5) is 0 Å². The molecule has 0 aliphatic heterocycles. The summed E-state index contributed by atoms with van der Waals surface area (Å²) in [5, 5.41) is 9.44. The monoisotopic (exact) mass is 210 g/mol. The van der Waals surface area contributed by atoms with Crippen molar-refractivity contribution < 1.29 is 5.11 Å². The molecule has 88 valence electrons. The Morgan fingerprint density at radius 2 is 1.47 bits per heavy atom. The highest BCUT2D eigenvalue weighted by Gasteiger charge is 2.00. The van der Waals surface area contributed by atoms with E-state index in [9.17, 15) is 5.11 Å². The first-order valence-corrected chi connectivity index (χ1v) is 6.21. The van der Waals surface area contributed by atoms with Gasteiger partial charge in [-0.25, -0.2) is 0 Å². The SMILES string of the molecule is C=CCCCCCCCCC(O)CC=C. The second-order valence-corrected chi connectivity index (χ2v) is 4.17. The van der Waals surface area contributed by atoms with Crippen LogP contribution >= 0.6 is 0 Å². The lowest BCUT2D eigenvalue weighted by atomic mass is 10.0. The molecule has 0 fully saturated rings. The molecule has 0 heterocycles. The Bertz CT molecular complexity index is 151. The normalized spacial score (nSPS) is 12.3. The van der Waals surface area contributed by atoms with Gasteiger partial charge < -0.3 is 5.11 Å². The van der Waals surface area contributed by atoms with Crippen LogP contribution in [0.5, 0.6) is 0 Å². The van der Waals surface area contributed by atoms with E-state index in [0.717, 1.165) is 25.7 Å². The third-order valence-electron chi connectivity index (χ3n) is 2.63. The van der Waals surface area contributed by atoms with Gasteiger partial charge in [0.15, 0.2) is 0 Å². The molecular weight excluding hydrogens is 184 g/mol. The molecule has 15 heavy (non-hydrogen) atoms. The molecule has 0 saturated carbocycles. The van der Waals surface area contributed by atoms with Crippen molar-refractivity contribution >= 4 is 0 Å². The lowest BCUT2D eigenvalue weighted by molar-refractivity contribution is 0.164. The topological polar surface area (TPSA) is 20.2 Å². The summed E-state index contributed by atoms with van der Waals surface area (Å²) in [4.78, 5) is 0. The van der Waals surface area contributed by atoms with Crippen LogP contribution in [0.25, 0.3) is 0 Å². The molecule has 1 heteroatoms. The van der Waals surface area contributed by atoms with Gasteiger partial charge in [-0.3, -0.25) is 0 Å². The molecule has 0 aromatic heterocycles. The summed E-state index contributed by atoms with van der Waals surface area (Å²) in [6.07, 6.45) is 14.1. The van der Waals surface area contributed by atoms with E-state index in [1.165, 1.54) is 32.1 Å². The molecule has 1 unspecified atom stereocenters. The van der Waals surface area contributed by atoms with E-state index in [1.54, 1.807) is 6.08 Å². The standard InChI is InChI=1S/C14H26O/c1-3-5-6-7-8-9-10-11-13-14(15)12-4-2/h3-4,14-15H,1-2,5-13H2. The van der Waals surface area contributed by atoms with Gasteiger partial charge in [0.05, 0.1) is 6.10 Å². The zero-order chi connectivity index (χ0) is 11.4. The fraction of sp³-hybridized carbons (Fsp3) is 0.714. The van der Waals surface area contributed by atoms with Crippen molar-refractivity contribution in [2.45, 2.75) is 63.9 Å². The smallest absolute Gasteiger partial charge is 0.0574 e. The van der Waals surface area contributed by atoms with Gasteiger partial charge in [0.25, 0.3) is 0 Å². The average Bonchev–Trinajstić information content (AvgIpc) is 2.22. The predicted molar refractivity (Wildman–Crippen MR) is 68.0 cm³/mol. The second kappa shape index (κ2) is 11.5. The molecule has 0 saturated heterocycles. The number of allylic oxidation sites excluding steroid dienone is 1. The number of hydrogen-bond donors (Lipinski definition) is 1. The molecule has 0 rings (SSSR count). The minimum absolute atomic E-state index is 0.164. The predicted octanol–water partition coefficient (Wildman–Crippen LogP) is 4.23. The van der Waals surface area contributed by atoms with E-state index < -0.39 is 0 Å². The molecule has 1 N–H and O–H groups in total. The van der Waals surface area contributed by atoms with E-state index in [0.29, 0.717) is 0 Å². The number of unbranched alkanes of at least 4 members (excludes halogenated alkanes) is 6. The van der Waals surface area contributed by atoms with Crippen LogP contribution in [-0.4, -0.2) is 11.2 Å². The van der Waals surface area contributed by atoms with Crippen LogP contribution < -0.4 is 0 Å². The van der Waals surface area contributed by atoms with Crippen molar-refractivity contribution in [2.24, 2.45) is 0 Å². The fourth-order valence-corrected chi connectivity index (χ4v) is 1.69. The summed E-state index contributed by atoms with van der Waals surface area (Å²) < 4.78 is 0. The van der Waals surface area contributed by atoms with Crippen LogP contribution in [0, 0.1) is 0 Å². The Morgan fingerprint density at radius 1 is 0.867 bits per heavy atom. The van der Waals surface area contributed by atoms with E-state index in [2.05, 4.69) is 13.2 Å². The molecule has 1 atom stereocenters. The maximum atomic E-state index is 9.44. The van der Waals surface area contributed by atoms with E-state index in [-0.39, 0.29) is 6.10 Å². The summed E-state index contributed by atoms with van der Waals surface area (Å²) in [7, 11) is 0. The molecule has 0 bridgehead atoms. The maximum absolute atomic E-state index is 9.44. The number of aliphatic hydroxyl groups excluding tert-OH is 1. The molecule has 0 aliphatic rings. The minimum Gasteiger partial charge on any atom is -0.393 e. The lowest BCUT2D eigenvalue weighted by Gasteiger charge is -2.06. The summed E-state index contributed by atoms with van der Waals surface area (Å²) in [6, 6.07) is 0. The zero-order valence-electron chi connectivity index (χ0n) is 9.96. The first-order chi connectivity index (χ1) is 7.31. The van der Waals surface area contributed by atoms with Crippen molar-refractivity contribution in [3.63, 3.8) is 0 Å². The molecule has 0 spiro atoms. The quantitative estimate of drug-likeness (QED) is 0.399. The van der Waals surface area contributed by atoms with Crippen LogP contribution in [-0.2, 0) is 0 Å². The Kier molecular flexibility index (Phi) is 11.1. The Morgan fingerprint density at radius 3 is 2.07 bits per heavy atom. The van der Waals surface area contributed by atoms with Crippen molar-refractivity contribution in [2.75, 3.05) is 0 Å². The molecule has 0 aliphatic carbocycles. The Labute approximate surface area is 94.9 Å². The number of rotatable bonds is 11. The van der Waals surface area contributed by atoms with Crippen LogP contribution in [0.1, 0.15) is 57.8 Å². The van der Waals surface area contributed by atoms with Crippen LogP contribution in [0.15, 0.2) is 25.3 Å². The minimum atomic E-state index is -0.164. The highest BCUT2D eigenvalue weighted by molar-refractivity contribution is 4.72. The molecular formula is C14H26O. The second-order valence-electron chi connectivity index (χ2n) is 4.17. The molecule has 0 radical (unpaired) electrons. The molecule has 0 aromatic rings. The van der Waals surface area contributed by atoms with E-state index in [4.69, 9.17) is 0 Å². The summed E-state index contributed by atoms with van der Waals surface area (Å²) >= 11 is 0. The van der Waals surface area contributed by atoms with Crippen molar-refractivity contribution in [3.8, 4) is 0 Å². The summed E-state index contributed by atoms with van der Waals surface area (Å²) in [5.41, 5.74) is 0. The van der Waals surface area contributed by atoms with Crippen molar-refractivity contribution in [3.05, 3.63) is 25.3 Å². The van der Waals surface area contributed by atoms with Gasteiger partial charge in [0.1, 0.15) is 0 Å². The third kappa shape index (κ3) is 11.4. The first-order valence-electron chi connectivity index (χ1n) is 6.21. The zero-order valence-corrected chi connectivity index (χ0v) is 9.96. The summed E-state index contributed by atoms with van der Waals surface area (Å²) in [6.45, 7) is 7.33. The van der Waals surface area contributed by atoms with Crippen molar-refractivity contribution in [1.82, 2.24) is 0 Å². The highest BCUT2D eigenvalue weighted by Crippen LogP contribution is 2.11. The average molecular weight is 210 g/mol. The van der Waals surface area contributed by atoms with Crippen LogP contribution in [0.3, 0.4) is 0 Å². The van der Waals surface area contributed by atoms with Gasteiger partial charge in [0, 0.05) is 0 Å². The van der Waals surface area contributed by atoms with Gasteiger partial charge in [-0.1, -0.05) is 44.3 Å². The van der Waals surface area contributed by atoms with E-state index >= 15 is 0 Å². The van der Waals surface area contributed by atoms with E-state index in [1.807, 2.05) is 6.08 Å². The fourth-order valence-electron chi connectivity index (χ4n) is 1.69. The molecule has 0 aromatic carbocycles. The summed E-state index contributed by atoms with van der Waals surface area (Å²) in [5.74, 6) is 0. The lowest BCUT2D eigenvalue weighted by Crippen LogP contribution is -2.03. The number of hydrogen-bond acceptors (Lipinski definition) is 1. The molecule has 0 amide bonds. The number of aliphatic hydroxyl groups is 1. The Hall–Kier alpha value is -0.560. The van der Waals surface area contributed by atoms with Crippen molar-refractivity contribution in [1.29, 1.82) is 0 Å².